The highest BCUT2D eigenvalue weighted by Gasteiger charge is 2.66. The number of rotatable bonds is 3. The average molecular weight is 465 g/mol. The van der Waals surface area contributed by atoms with Crippen LogP contribution in [0.5, 0.6) is 0 Å². The highest BCUT2D eigenvalue weighted by Crippen LogP contribution is 2.69. The van der Waals surface area contributed by atoms with Crippen molar-refractivity contribution in [3.63, 3.8) is 0 Å². The van der Waals surface area contributed by atoms with E-state index in [0.717, 1.165) is 19.3 Å². The van der Waals surface area contributed by atoms with E-state index < -0.39 is 17.0 Å². The van der Waals surface area contributed by atoms with Gasteiger partial charge in [0.25, 0.3) is 0 Å². The van der Waals surface area contributed by atoms with Crippen LogP contribution in [0.15, 0.2) is 11.6 Å². The van der Waals surface area contributed by atoms with Crippen molar-refractivity contribution in [2.24, 2.45) is 28.6 Å². The Balaban J connectivity index is 1.40. The molecule has 0 bridgehead atoms. The van der Waals surface area contributed by atoms with E-state index in [2.05, 4.69) is 43.4 Å². The largest absolute Gasteiger partial charge is 0.458 e. The molecule has 0 aromatic carbocycles. The molecule has 0 aromatic heterocycles. The topological polar surface area (TPSA) is 63.6 Å². The number of carbonyl (C=O) groups is 2. The average Bonchev–Trinajstić information content (AvgIpc) is 3.30. The molecule has 6 heteroatoms. The SMILES string of the molecule is CC(=O)OCC(=O)[C@@]1(O)CC[C@H]2[C@@H]3CCC4=CC5(CC[C@]4(C)[C@H]3CC[C@@]21C)SCCS5. The molecule has 0 amide bonds. The number of thioether (sulfide) groups is 2. The molecule has 4 aliphatic carbocycles. The maximum Gasteiger partial charge on any atom is 0.303 e. The molecule has 4 nitrogen and oxygen atoms in total. The molecule has 1 heterocycles. The minimum atomic E-state index is -1.36. The summed E-state index contributed by atoms with van der Waals surface area (Å²) in [6, 6.07) is 0. The zero-order valence-corrected chi connectivity index (χ0v) is 20.7. The Morgan fingerprint density at radius 3 is 2.48 bits per heavy atom. The molecule has 4 fully saturated rings. The van der Waals surface area contributed by atoms with Crippen molar-refractivity contribution in [1.29, 1.82) is 0 Å². The fourth-order valence-corrected chi connectivity index (χ4v) is 11.3. The van der Waals surface area contributed by atoms with Crippen molar-refractivity contribution < 1.29 is 19.4 Å². The van der Waals surface area contributed by atoms with Gasteiger partial charge in [-0.2, -0.15) is 0 Å². The lowest BCUT2D eigenvalue weighted by Gasteiger charge is -2.59. The Bertz CT molecular complexity index is 818. The summed E-state index contributed by atoms with van der Waals surface area (Å²) in [6.07, 6.45) is 11.0. The number of esters is 1. The predicted octanol–water partition coefficient (Wildman–Crippen LogP) is 4.99. The Kier molecular flexibility index (Phi) is 5.42. The van der Waals surface area contributed by atoms with Crippen LogP contribution in [-0.4, -0.2) is 44.7 Å². The first-order valence-electron chi connectivity index (χ1n) is 12.0. The molecule has 31 heavy (non-hydrogen) atoms. The summed E-state index contributed by atoms with van der Waals surface area (Å²) >= 11 is 4.31. The van der Waals surface area contributed by atoms with Gasteiger partial charge >= 0.3 is 5.97 Å². The van der Waals surface area contributed by atoms with E-state index in [9.17, 15) is 14.7 Å². The summed E-state index contributed by atoms with van der Waals surface area (Å²) in [4.78, 5) is 24.2. The Morgan fingerprint density at radius 2 is 1.77 bits per heavy atom. The van der Waals surface area contributed by atoms with Crippen molar-refractivity contribution in [2.75, 3.05) is 18.1 Å². The van der Waals surface area contributed by atoms with Gasteiger partial charge < -0.3 is 9.84 Å². The molecule has 3 saturated carbocycles. The van der Waals surface area contributed by atoms with Crippen LogP contribution in [0, 0.1) is 28.6 Å². The van der Waals surface area contributed by atoms with Crippen LogP contribution in [0.3, 0.4) is 0 Å². The van der Waals surface area contributed by atoms with Crippen molar-refractivity contribution in [3.05, 3.63) is 11.6 Å². The highest BCUT2D eigenvalue weighted by molar-refractivity contribution is 8.21. The molecule has 1 saturated heterocycles. The van der Waals surface area contributed by atoms with E-state index in [1.807, 2.05) is 0 Å². The zero-order chi connectivity index (χ0) is 22.1. The summed E-state index contributed by atoms with van der Waals surface area (Å²) < 4.78 is 5.32. The fourth-order valence-electron chi connectivity index (χ4n) is 8.14. The van der Waals surface area contributed by atoms with Crippen LogP contribution in [0.2, 0.25) is 0 Å². The van der Waals surface area contributed by atoms with Gasteiger partial charge in [-0.25, -0.2) is 0 Å². The summed E-state index contributed by atoms with van der Waals surface area (Å²) in [5, 5.41) is 11.6. The van der Waals surface area contributed by atoms with Gasteiger partial charge in [-0.05, 0) is 74.5 Å². The zero-order valence-electron chi connectivity index (χ0n) is 19.1. The van der Waals surface area contributed by atoms with E-state index >= 15 is 0 Å². The first-order valence-corrected chi connectivity index (χ1v) is 14.0. The van der Waals surface area contributed by atoms with Gasteiger partial charge in [-0.15, -0.1) is 23.5 Å². The minimum absolute atomic E-state index is 0.279. The second-order valence-electron chi connectivity index (χ2n) is 11.1. The summed E-state index contributed by atoms with van der Waals surface area (Å²) in [7, 11) is 0. The number of hydrogen-bond acceptors (Lipinski definition) is 6. The normalized spacial score (nSPS) is 45.4. The molecular weight excluding hydrogens is 428 g/mol. The number of allylic oxidation sites excluding steroid dienone is 1. The smallest absolute Gasteiger partial charge is 0.303 e. The van der Waals surface area contributed by atoms with Gasteiger partial charge in [-0.1, -0.05) is 25.5 Å². The Morgan fingerprint density at radius 1 is 1.06 bits per heavy atom. The third-order valence-electron chi connectivity index (χ3n) is 9.92. The van der Waals surface area contributed by atoms with Crippen LogP contribution in [-0.2, 0) is 14.3 Å². The lowest BCUT2D eigenvalue weighted by atomic mass is 9.46. The number of hydrogen-bond donors (Lipinski definition) is 1. The van der Waals surface area contributed by atoms with E-state index in [1.165, 1.54) is 44.1 Å². The molecule has 6 atom stereocenters. The van der Waals surface area contributed by atoms with Crippen molar-refractivity contribution in [3.8, 4) is 0 Å². The Labute approximate surface area is 194 Å². The number of ketones is 1. The molecular formula is C25H36O4S2. The van der Waals surface area contributed by atoms with Gasteiger partial charge in [-0.3, -0.25) is 9.59 Å². The van der Waals surface area contributed by atoms with Crippen LogP contribution in [0.25, 0.3) is 0 Å². The maximum absolute atomic E-state index is 13.0. The van der Waals surface area contributed by atoms with Crippen molar-refractivity contribution in [2.45, 2.75) is 81.8 Å². The molecule has 0 unspecified atom stereocenters. The van der Waals surface area contributed by atoms with Crippen LogP contribution >= 0.6 is 23.5 Å². The van der Waals surface area contributed by atoms with Gasteiger partial charge in [0.2, 0.25) is 5.78 Å². The fraction of sp³-hybridized carbons (Fsp3) is 0.840. The number of aliphatic hydroxyl groups is 1. The van der Waals surface area contributed by atoms with Crippen LogP contribution in [0.1, 0.15) is 72.1 Å². The number of Topliss-reactive ketones (excluding diaryl/α,β-unsaturated/α-hetero) is 1. The third-order valence-corrected chi connectivity index (χ3v) is 13.3. The number of carbonyl (C=O) groups excluding carboxylic acids is 2. The lowest BCUT2D eigenvalue weighted by molar-refractivity contribution is -0.169. The second kappa shape index (κ2) is 7.53. The van der Waals surface area contributed by atoms with Crippen molar-refractivity contribution in [1.82, 2.24) is 0 Å². The van der Waals surface area contributed by atoms with Crippen LogP contribution < -0.4 is 0 Å². The lowest BCUT2D eigenvalue weighted by Crippen LogP contribution is -2.58. The van der Waals surface area contributed by atoms with E-state index in [-0.39, 0.29) is 17.8 Å². The molecule has 5 rings (SSSR count). The summed E-state index contributed by atoms with van der Waals surface area (Å²) in [5.41, 5.74) is 0.213. The molecule has 172 valence electrons. The number of fused-ring (bicyclic) bond motifs is 5. The van der Waals surface area contributed by atoms with Gasteiger partial charge in [0, 0.05) is 23.8 Å². The predicted molar refractivity (Wildman–Crippen MR) is 126 cm³/mol. The minimum Gasteiger partial charge on any atom is -0.458 e. The first-order chi connectivity index (χ1) is 14.6. The molecule has 1 N–H and O–H groups in total. The number of ether oxygens (including phenoxy) is 1. The summed E-state index contributed by atoms with van der Waals surface area (Å²) in [6.45, 7) is 5.67. The maximum atomic E-state index is 13.0. The second-order valence-corrected chi connectivity index (χ2v) is 14.2. The monoisotopic (exact) mass is 464 g/mol. The molecule has 0 radical (unpaired) electrons. The molecule has 0 aromatic rings. The molecule has 1 spiro atoms. The quantitative estimate of drug-likeness (QED) is 0.469. The van der Waals surface area contributed by atoms with Gasteiger partial charge in [0.15, 0.2) is 6.61 Å². The van der Waals surface area contributed by atoms with E-state index in [0.29, 0.717) is 28.3 Å². The first kappa shape index (κ1) is 22.3. The molecule has 5 aliphatic rings. The Hall–Kier alpha value is -0.460. The van der Waals surface area contributed by atoms with E-state index in [4.69, 9.17) is 4.74 Å². The van der Waals surface area contributed by atoms with Gasteiger partial charge in [0.05, 0.1) is 4.08 Å². The highest BCUT2D eigenvalue weighted by atomic mass is 32.2. The third kappa shape index (κ3) is 3.21. The van der Waals surface area contributed by atoms with E-state index in [1.54, 1.807) is 5.57 Å². The summed E-state index contributed by atoms with van der Waals surface area (Å²) in [5.74, 6) is 3.40. The van der Waals surface area contributed by atoms with Crippen molar-refractivity contribution >= 4 is 35.3 Å². The standard InChI is InChI=1S/C25H36O4S2/c1-16(26)29-15-21(27)25(28)9-7-20-18-5-4-17-14-24(30-12-13-31-24)11-10-22(17,2)19(18)6-8-23(20,25)3/h14,18-20,28H,4-13,15H2,1-3H3/t18-,19+,20+,22+,23+,25+/m1/s1. The van der Waals surface area contributed by atoms with Gasteiger partial charge in [0.1, 0.15) is 5.60 Å². The van der Waals surface area contributed by atoms with Crippen LogP contribution in [0.4, 0.5) is 0 Å². The molecule has 1 aliphatic heterocycles.